The lowest BCUT2D eigenvalue weighted by Gasteiger charge is -2.27. The largest absolute Gasteiger partial charge is 0.301 e. The number of fused-ring (bicyclic) bond motifs is 1. The number of aryl methyl sites for hydroxylation is 2. The molecule has 1 N–H and O–H groups in total. The van der Waals surface area contributed by atoms with Gasteiger partial charge in [0, 0.05) is 18.0 Å². The number of nitrogens with zero attached hydrogens (tertiary/aromatic N) is 2. The van der Waals surface area contributed by atoms with Crippen molar-refractivity contribution in [1.29, 1.82) is 0 Å². The number of anilines is 1. The van der Waals surface area contributed by atoms with Crippen molar-refractivity contribution in [3.05, 3.63) is 46.0 Å². The van der Waals surface area contributed by atoms with Gasteiger partial charge in [-0.1, -0.05) is 24.3 Å². The number of carbonyl (C=O) groups is 1. The zero-order chi connectivity index (χ0) is 14.8. The van der Waals surface area contributed by atoms with E-state index in [1.54, 1.807) is 0 Å². The number of aromatic nitrogens is 1. The van der Waals surface area contributed by atoms with E-state index in [1.807, 2.05) is 13.8 Å². The van der Waals surface area contributed by atoms with Gasteiger partial charge in [0.2, 0.25) is 5.91 Å². The third-order valence-electron chi connectivity index (χ3n) is 3.85. The normalized spacial score (nSPS) is 14.8. The quantitative estimate of drug-likeness (QED) is 0.948. The molecule has 0 atom stereocenters. The first-order valence-corrected chi connectivity index (χ1v) is 7.96. The van der Waals surface area contributed by atoms with Crippen LogP contribution in [0.15, 0.2) is 24.3 Å². The maximum Gasteiger partial charge on any atom is 0.240 e. The van der Waals surface area contributed by atoms with Gasteiger partial charge in [-0.15, -0.1) is 11.3 Å². The molecular weight excluding hydrogens is 282 g/mol. The summed E-state index contributed by atoms with van der Waals surface area (Å²) in [6, 6.07) is 8.46. The molecule has 1 amide bonds. The molecule has 0 fully saturated rings. The first-order valence-electron chi connectivity index (χ1n) is 7.15. The fraction of sp³-hybridized carbons (Fsp3) is 0.375. The maximum atomic E-state index is 12.1. The topological polar surface area (TPSA) is 45.2 Å². The summed E-state index contributed by atoms with van der Waals surface area (Å²) in [5, 5.41) is 3.60. The number of hydrogen-bond donors (Lipinski definition) is 1. The Morgan fingerprint density at radius 1 is 1.33 bits per heavy atom. The molecule has 0 radical (unpaired) electrons. The number of benzene rings is 1. The molecule has 1 aromatic carbocycles. The summed E-state index contributed by atoms with van der Waals surface area (Å²) >= 11 is 1.53. The van der Waals surface area contributed by atoms with Crippen LogP contribution in [0, 0.1) is 13.8 Å². The monoisotopic (exact) mass is 301 g/mol. The Kier molecular flexibility index (Phi) is 4.03. The first-order chi connectivity index (χ1) is 10.1. The SMILES string of the molecule is Cc1nc(NC(=O)CN2CCc3ccccc3C2)sc1C. The van der Waals surface area contributed by atoms with Crippen molar-refractivity contribution in [2.75, 3.05) is 18.4 Å². The molecule has 0 spiro atoms. The molecule has 1 aliphatic rings. The van der Waals surface area contributed by atoms with Crippen LogP contribution < -0.4 is 5.32 Å². The van der Waals surface area contributed by atoms with Gasteiger partial charge in [0.05, 0.1) is 12.2 Å². The molecule has 0 aliphatic carbocycles. The number of carbonyl (C=O) groups excluding carboxylic acids is 1. The summed E-state index contributed by atoms with van der Waals surface area (Å²) in [4.78, 5) is 19.8. The summed E-state index contributed by atoms with van der Waals surface area (Å²) in [5.41, 5.74) is 3.72. The molecule has 21 heavy (non-hydrogen) atoms. The lowest BCUT2D eigenvalue weighted by Crippen LogP contribution is -2.37. The molecule has 1 aliphatic heterocycles. The van der Waals surface area contributed by atoms with Crippen LogP contribution in [0.4, 0.5) is 5.13 Å². The van der Waals surface area contributed by atoms with Crippen molar-refractivity contribution in [3.8, 4) is 0 Å². The summed E-state index contributed by atoms with van der Waals surface area (Å²) in [6.45, 7) is 6.18. The van der Waals surface area contributed by atoms with Crippen LogP contribution in [-0.4, -0.2) is 28.9 Å². The second-order valence-corrected chi connectivity index (χ2v) is 6.64. The summed E-state index contributed by atoms with van der Waals surface area (Å²) < 4.78 is 0. The van der Waals surface area contributed by atoms with Crippen molar-refractivity contribution in [2.45, 2.75) is 26.8 Å². The van der Waals surface area contributed by atoms with Crippen molar-refractivity contribution in [1.82, 2.24) is 9.88 Å². The standard InChI is InChI=1S/C16H19N3OS/c1-11-12(2)21-16(17-11)18-15(20)10-19-8-7-13-5-3-4-6-14(13)9-19/h3-6H,7-10H2,1-2H3,(H,17,18,20). The zero-order valence-corrected chi connectivity index (χ0v) is 13.2. The molecule has 110 valence electrons. The van der Waals surface area contributed by atoms with E-state index in [-0.39, 0.29) is 5.91 Å². The van der Waals surface area contributed by atoms with Gasteiger partial charge in [-0.3, -0.25) is 9.69 Å². The van der Waals surface area contributed by atoms with Gasteiger partial charge in [0.1, 0.15) is 0 Å². The van der Waals surface area contributed by atoms with Crippen LogP contribution in [0.1, 0.15) is 21.7 Å². The maximum absolute atomic E-state index is 12.1. The lowest BCUT2D eigenvalue weighted by atomic mass is 10.00. The molecule has 3 rings (SSSR count). The van der Waals surface area contributed by atoms with Crippen LogP contribution in [0.25, 0.3) is 0 Å². The molecule has 4 nitrogen and oxygen atoms in total. The van der Waals surface area contributed by atoms with Crippen molar-refractivity contribution in [3.63, 3.8) is 0 Å². The molecule has 0 bridgehead atoms. The molecule has 5 heteroatoms. The minimum absolute atomic E-state index is 0.0168. The van der Waals surface area contributed by atoms with E-state index in [0.717, 1.165) is 30.1 Å². The zero-order valence-electron chi connectivity index (χ0n) is 12.3. The van der Waals surface area contributed by atoms with Crippen molar-refractivity contribution in [2.24, 2.45) is 0 Å². The second-order valence-electron chi connectivity index (χ2n) is 5.44. The van der Waals surface area contributed by atoms with Gasteiger partial charge in [-0.25, -0.2) is 4.98 Å². The van der Waals surface area contributed by atoms with E-state index >= 15 is 0 Å². The Morgan fingerprint density at radius 2 is 2.10 bits per heavy atom. The van der Waals surface area contributed by atoms with Gasteiger partial charge in [-0.05, 0) is 31.4 Å². The molecule has 2 heterocycles. The van der Waals surface area contributed by atoms with Crippen LogP contribution in [0.3, 0.4) is 0 Å². The lowest BCUT2D eigenvalue weighted by molar-refractivity contribution is -0.117. The average molecular weight is 301 g/mol. The van der Waals surface area contributed by atoms with Gasteiger partial charge in [0.15, 0.2) is 5.13 Å². The third-order valence-corrected chi connectivity index (χ3v) is 4.84. The van der Waals surface area contributed by atoms with Gasteiger partial charge in [0.25, 0.3) is 0 Å². The average Bonchev–Trinajstić information content (AvgIpc) is 2.77. The highest BCUT2D eigenvalue weighted by atomic mass is 32.1. The highest BCUT2D eigenvalue weighted by Crippen LogP contribution is 2.21. The molecule has 2 aromatic rings. The highest BCUT2D eigenvalue weighted by Gasteiger charge is 2.18. The molecule has 0 unspecified atom stereocenters. The van der Waals surface area contributed by atoms with E-state index in [1.165, 1.54) is 22.5 Å². The van der Waals surface area contributed by atoms with Gasteiger partial charge in [-0.2, -0.15) is 0 Å². The van der Waals surface area contributed by atoms with E-state index in [9.17, 15) is 4.79 Å². The molecule has 0 saturated carbocycles. The van der Waals surface area contributed by atoms with Gasteiger partial charge < -0.3 is 5.32 Å². The minimum atomic E-state index is 0.0168. The molecular formula is C16H19N3OS. The van der Waals surface area contributed by atoms with E-state index in [4.69, 9.17) is 0 Å². The third kappa shape index (κ3) is 3.31. The Morgan fingerprint density at radius 3 is 2.81 bits per heavy atom. The predicted octanol–water partition coefficient (Wildman–Crippen LogP) is 2.76. The number of rotatable bonds is 3. The highest BCUT2D eigenvalue weighted by molar-refractivity contribution is 7.15. The van der Waals surface area contributed by atoms with Crippen molar-refractivity contribution >= 4 is 22.4 Å². The Balaban J connectivity index is 1.59. The Labute approximate surface area is 128 Å². The summed E-state index contributed by atoms with van der Waals surface area (Å²) in [6.07, 6.45) is 1.01. The number of hydrogen-bond acceptors (Lipinski definition) is 4. The van der Waals surface area contributed by atoms with Crippen LogP contribution in [0.2, 0.25) is 0 Å². The minimum Gasteiger partial charge on any atom is -0.301 e. The van der Waals surface area contributed by atoms with Crippen LogP contribution >= 0.6 is 11.3 Å². The fourth-order valence-electron chi connectivity index (χ4n) is 2.58. The predicted molar refractivity (Wildman–Crippen MR) is 85.6 cm³/mol. The van der Waals surface area contributed by atoms with Gasteiger partial charge >= 0.3 is 0 Å². The van der Waals surface area contributed by atoms with Crippen molar-refractivity contribution < 1.29 is 4.79 Å². The van der Waals surface area contributed by atoms with E-state index in [0.29, 0.717) is 11.7 Å². The van der Waals surface area contributed by atoms with Crippen LogP contribution in [-0.2, 0) is 17.8 Å². The molecule has 0 saturated heterocycles. The fourth-order valence-corrected chi connectivity index (χ4v) is 3.41. The van der Waals surface area contributed by atoms with E-state index < -0.39 is 0 Å². The number of nitrogens with one attached hydrogen (secondary N) is 1. The summed E-state index contributed by atoms with van der Waals surface area (Å²) in [5.74, 6) is 0.0168. The second kappa shape index (κ2) is 5.95. The molecule has 1 aromatic heterocycles. The number of amides is 1. The summed E-state index contributed by atoms with van der Waals surface area (Å²) in [7, 11) is 0. The Hall–Kier alpha value is -1.72. The van der Waals surface area contributed by atoms with E-state index in [2.05, 4.69) is 39.5 Å². The van der Waals surface area contributed by atoms with Crippen LogP contribution in [0.5, 0.6) is 0 Å². The smallest absolute Gasteiger partial charge is 0.240 e. The Bertz CT molecular complexity index is 646. The number of thiazole rings is 1. The first kappa shape index (κ1) is 14.2.